The van der Waals surface area contributed by atoms with Crippen LogP contribution in [0.1, 0.15) is 51.4 Å². The van der Waals surface area contributed by atoms with E-state index in [2.05, 4.69) is 18.7 Å². The normalized spacial score (nSPS) is 42.2. The van der Waals surface area contributed by atoms with Crippen molar-refractivity contribution in [2.75, 3.05) is 0 Å². The van der Waals surface area contributed by atoms with Gasteiger partial charge in [0.25, 0.3) is 0 Å². The first-order valence-electron chi connectivity index (χ1n) is 8.01. The van der Waals surface area contributed by atoms with Gasteiger partial charge in [-0.25, -0.2) is 8.78 Å². The second-order valence-electron chi connectivity index (χ2n) is 6.63. The van der Waals surface area contributed by atoms with Crippen LogP contribution in [0.2, 0.25) is 0 Å². The van der Waals surface area contributed by atoms with E-state index in [1.165, 1.54) is 5.57 Å². The van der Waals surface area contributed by atoms with Crippen LogP contribution in [-0.4, -0.2) is 12.3 Å². The Bertz CT molecular complexity index is 446. The Labute approximate surface area is 120 Å². The zero-order chi connectivity index (χ0) is 14.1. The summed E-state index contributed by atoms with van der Waals surface area (Å²) in [6.07, 6.45) is 9.74. The maximum atomic E-state index is 13.8. The summed E-state index contributed by atoms with van der Waals surface area (Å²) in [7, 11) is 0. The van der Waals surface area contributed by atoms with Crippen molar-refractivity contribution < 1.29 is 8.78 Å². The van der Waals surface area contributed by atoms with Crippen LogP contribution in [0.15, 0.2) is 35.5 Å². The standard InChI is InChI=1S/C18H24F2/c1-12-5-8-15(19)11-14(12)7-6-13-3-2-4-17-16(13)9-10-18(17)20/h6-7,15-18H,1-5,8-11H2/b13-6+,14-7-/t15-,16?,17?,18-/m0/s1. The summed E-state index contributed by atoms with van der Waals surface area (Å²) in [4.78, 5) is 0. The largest absolute Gasteiger partial charge is 0.247 e. The van der Waals surface area contributed by atoms with Crippen LogP contribution in [-0.2, 0) is 0 Å². The molecule has 3 aliphatic rings. The van der Waals surface area contributed by atoms with Crippen molar-refractivity contribution in [3.8, 4) is 0 Å². The third-order valence-electron chi connectivity index (χ3n) is 5.37. The SMILES string of the molecule is C=C1CC[C@H](F)C/C1=C/C=C1\CCCC2C1CC[C@@H]2F. The fourth-order valence-electron chi connectivity index (χ4n) is 4.17. The molecule has 2 unspecified atom stereocenters. The van der Waals surface area contributed by atoms with E-state index in [0.717, 1.165) is 49.7 Å². The zero-order valence-electron chi connectivity index (χ0n) is 12.1. The average molecular weight is 278 g/mol. The molecular weight excluding hydrogens is 254 g/mol. The molecule has 0 aromatic rings. The maximum Gasteiger partial charge on any atom is 0.104 e. The lowest BCUT2D eigenvalue weighted by molar-refractivity contribution is 0.211. The zero-order valence-corrected chi connectivity index (χ0v) is 12.1. The highest BCUT2D eigenvalue weighted by Gasteiger charge is 2.39. The van der Waals surface area contributed by atoms with Gasteiger partial charge in [0.15, 0.2) is 0 Å². The molecule has 0 bridgehead atoms. The Morgan fingerprint density at radius 3 is 2.70 bits per heavy atom. The smallest absolute Gasteiger partial charge is 0.104 e. The van der Waals surface area contributed by atoms with Gasteiger partial charge in [-0.2, -0.15) is 0 Å². The fraction of sp³-hybridized carbons (Fsp3) is 0.667. The molecule has 3 aliphatic carbocycles. The first-order valence-corrected chi connectivity index (χ1v) is 8.01. The Morgan fingerprint density at radius 2 is 1.85 bits per heavy atom. The van der Waals surface area contributed by atoms with E-state index < -0.39 is 12.3 Å². The summed E-state index contributed by atoms with van der Waals surface area (Å²) < 4.78 is 27.3. The lowest BCUT2D eigenvalue weighted by Crippen LogP contribution is -2.21. The third kappa shape index (κ3) is 2.75. The van der Waals surface area contributed by atoms with Crippen LogP contribution < -0.4 is 0 Å². The molecule has 0 N–H and O–H groups in total. The van der Waals surface area contributed by atoms with Crippen molar-refractivity contribution in [3.05, 3.63) is 35.5 Å². The Balaban J connectivity index is 1.76. The van der Waals surface area contributed by atoms with Crippen LogP contribution in [0, 0.1) is 11.8 Å². The second kappa shape index (κ2) is 5.83. The van der Waals surface area contributed by atoms with E-state index >= 15 is 0 Å². The molecule has 3 rings (SSSR count). The summed E-state index contributed by atoms with van der Waals surface area (Å²) >= 11 is 0. The molecule has 0 spiro atoms. The lowest BCUT2D eigenvalue weighted by atomic mass is 9.77. The number of allylic oxidation sites excluding steroid dienone is 5. The molecule has 0 aromatic heterocycles. The fourth-order valence-corrected chi connectivity index (χ4v) is 4.17. The first kappa shape index (κ1) is 14.0. The summed E-state index contributed by atoms with van der Waals surface area (Å²) in [5.74, 6) is 0.686. The monoisotopic (exact) mass is 278 g/mol. The number of hydrogen-bond acceptors (Lipinski definition) is 0. The van der Waals surface area contributed by atoms with Crippen molar-refractivity contribution in [1.29, 1.82) is 0 Å². The molecule has 0 radical (unpaired) electrons. The van der Waals surface area contributed by atoms with Crippen molar-refractivity contribution in [2.24, 2.45) is 11.8 Å². The van der Waals surface area contributed by atoms with E-state index in [9.17, 15) is 8.78 Å². The molecular formula is C18H24F2. The van der Waals surface area contributed by atoms with Gasteiger partial charge in [-0.1, -0.05) is 29.9 Å². The first-order chi connectivity index (χ1) is 9.65. The van der Waals surface area contributed by atoms with Gasteiger partial charge in [-0.15, -0.1) is 0 Å². The molecule has 3 saturated carbocycles. The highest BCUT2D eigenvalue weighted by atomic mass is 19.1. The summed E-state index contributed by atoms with van der Waals surface area (Å²) in [6, 6.07) is 0. The Kier molecular flexibility index (Phi) is 4.09. The Hall–Kier alpha value is -0.920. The van der Waals surface area contributed by atoms with Gasteiger partial charge >= 0.3 is 0 Å². The summed E-state index contributed by atoms with van der Waals surface area (Å²) in [5, 5.41) is 0. The molecule has 0 nitrogen and oxygen atoms in total. The minimum absolute atomic E-state index is 0.247. The van der Waals surface area contributed by atoms with Gasteiger partial charge in [0.2, 0.25) is 0 Å². The molecule has 0 aliphatic heterocycles. The van der Waals surface area contributed by atoms with Gasteiger partial charge in [0.05, 0.1) is 0 Å². The van der Waals surface area contributed by atoms with E-state index in [1.54, 1.807) is 0 Å². The van der Waals surface area contributed by atoms with Gasteiger partial charge < -0.3 is 0 Å². The molecule has 0 saturated heterocycles. The molecule has 20 heavy (non-hydrogen) atoms. The molecule has 0 aromatic carbocycles. The summed E-state index contributed by atoms with van der Waals surface area (Å²) in [5.41, 5.74) is 3.54. The van der Waals surface area contributed by atoms with Crippen molar-refractivity contribution in [1.82, 2.24) is 0 Å². The van der Waals surface area contributed by atoms with Crippen LogP contribution in [0.3, 0.4) is 0 Å². The number of fused-ring (bicyclic) bond motifs is 1. The third-order valence-corrected chi connectivity index (χ3v) is 5.37. The van der Waals surface area contributed by atoms with Crippen molar-refractivity contribution in [2.45, 2.75) is 63.7 Å². The van der Waals surface area contributed by atoms with Crippen molar-refractivity contribution in [3.63, 3.8) is 0 Å². The highest BCUT2D eigenvalue weighted by molar-refractivity contribution is 5.36. The maximum absolute atomic E-state index is 13.8. The topological polar surface area (TPSA) is 0 Å². The molecule has 4 atom stereocenters. The van der Waals surface area contributed by atoms with E-state index in [-0.39, 0.29) is 5.92 Å². The molecule has 0 amide bonds. The van der Waals surface area contributed by atoms with Gasteiger partial charge in [-0.05, 0) is 62.4 Å². The summed E-state index contributed by atoms with van der Waals surface area (Å²) in [6.45, 7) is 4.05. The molecule has 2 heteroatoms. The number of rotatable bonds is 1. The van der Waals surface area contributed by atoms with E-state index in [1.807, 2.05) is 0 Å². The second-order valence-corrected chi connectivity index (χ2v) is 6.63. The van der Waals surface area contributed by atoms with E-state index in [4.69, 9.17) is 0 Å². The van der Waals surface area contributed by atoms with Crippen molar-refractivity contribution >= 4 is 0 Å². The highest BCUT2D eigenvalue weighted by Crippen LogP contribution is 2.46. The van der Waals surface area contributed by atoms with Crippen LogP contribution in [0.5, 0.6) is 0 Å². The number of halogens is 2. The average Bonchev–Trinajstić information content (AvgIpc) is 2.82. The predicted octanol–water partition coefficient (Wildman–Crippen LogP) is 5.47. The van der Waals surface area contributed by atoms with Gasteiger partial charge in [-0.3, -0.25) is 0 Å². The molecule has 110 valence electrons. The quantitative estimate of drug-likeness (QED) is 0.597. The lowest BCUT2D eigenvalue weighted by Gasteiger charge is -2.29. The van der Waals surface area contributed by atoms with Gasteiger partial charge in [0.1, 0.15) is 12.3 Å². The van der Waals surface area contributed by atoms with Crippen LogP contribution >= 0.6 is 0 Å². The Morgan fingerprint density at radius 1 is 1.00 bits per heavy atom. The van der Waals surface area contributed by atoms with E-state index in [0.29, 0.717) is 18.8 Å². The van der Waals surface area contributed by atoms with Gasteiger partial charge in [0, 0.05) is 6.42 Å². The minimum atomic E-state index is -0.717. The molecule has 3 fully saturated rings. The van der Waals surface area contributed by atoms with Crippen LogP contribution in [0.25, 0.3) is 0 Å². The van der Waals surface area contributed by atoms with Crippen LogP contribution in [0.4, 0.5) is 8.78 Å². The minimum Gasteiger partial charge on any atom is -0.247 e. The molecule has 0 heterocycles. The predicted molar refractivity (Wildman–Crippen MR) is 79.0 cm³/mol. The number of hydrogen-bond donors (Lipinski definition) is 0. The number of alkyl halides is 2.